The van der Waals surface area contributed by atoms with Gasteiger partial charge in [0.1, 0.15) is 6.04 Å². The summed E-state index contributed by atoms with van der Waals surface area (Å²) < 4.78 is 0. The van der Waals surface area contributed by atoms with Gasteiger partial charge in [-0.1, -0.05) is 6.92 Å². The van der Waals surface area contributed by atoms with Crippen LogP contribution in [-0.4, -0.2) is 31.4 Å². The Morgan fingerprint density at radius 3 is 2.29 bits per heavy atom. The summed E-state index contributed by atoms with van der Waals surface area (Å²) in [5.41, 5.74) is 5.41. The lowest BCUT2D eigenvalue weighted by atomic mass is 10.1. The molecule has 4 N–H and O–H groups in total. The summed E-state index contributed by atoms with van der Waals surface area (Å²) in [5, 5.41) is 5.06. The molecule has 0 aromatic carbocycles. The van der Waals surface area contributed by atoms with Gasteiger partial charge in [-0.15, -0.1) is 0 Å². The highest BCUT2D eigenvalue weighted by Crippen LogP contribution is 2.00. The fraction of sp³-hybridized carbons (Fsp3) is 0.778. The molecule has 14 heavy (non-hydrogen) atoms. The van der Waals surface area contributed by atoms with Crippen molar-refractivity contribution in [1.82, 2.24) is 10.6 Å². The van der Waals surface area contributed by atoms with E-state index in [1.807, 2.05) is 6.92 Å². The van der Waals surface area contributed by atoms with Gasteiger partial charge in [0, 0.05) is 19.5 Å². The molecule has 2 atom stereocenters. The standard InChI is InChI=1S/C9H19N3O2/c1-4-7(5-10)9(14)12-6(2)8(13)11-3/h6-7H,4-5,10H2,1-3H3,(H,11,13)(H,12,14). The van der Waals surface area contributed by atoms with Gasteiger partial charge in [-0.05, 0) is 13.3 Å². The predicted octanol–water partition coefficient (Wildman–Crippen LogP) is -0.778. The van der Waals surface area contributed by atoms with Crippen LogP contribution in [0.15, 0.2) is 0 Å². The minimum Gasteiger partial charge on any atom is -0.357 e. The Hall–Kier alpha value is -1.10. The van der Waals surface area contributed by atoms with Crippen LogP contribution in [0.4, 0.5) is 0 Å². The average Bonchev–Trinajstić information content (AvgIpc) is 2.18. The van der Waals surface area contributed by atoms with Crippen molar-refractivity contribution >= 4 is 11.8 Å². The van der Waals surface area contributed by atoms with Gasteiger partial charge >= 0.3 is 0 Å². The van der Waals surface area contributed by atoms with Crippen molar-refractivity contribution in [2.24, 2.45) is 11.7 Å². The third-order valence-corrected chi connectivity index (χ3v) is 2.15. The maximum atomic E-state index is 11.5. The topological polar surface area (TPSA) is 84.2 Å². The third kappa shape index (κ3) is 3.74. The van der Waals surface area contributed by atoms with E-state index in [4.69, 9.17) is 5.73 Å². The minimum atomic E-state index is -0.506. The first-order chi connectivity index (χ1) is 6.56. The molecule has 0 aromatic rings. The summed E-state index contributed by atoms with van der Waals surface area (Å²) >= 11 is 0. The maximum absolute atomic E-state index is 11.5. The SMILES string of the molecule is CCC(CN)C(=O)NC(C)C(=O)NC. The number of carbonyl (C=O) groups excluding carboxylic acids is 2. The van der Waals surface area contributed by atoms with E-state index in [9.17, 15) is 9.59 Å². The Morgan fingerprint density at radius 1 is 1.36 bits per heavy atom. The number of amides is 2. The first kappa shape index (κ1) is 12.9. The van der Waals surface area contributed by atoms with Crippen molar-refractivity contribution in [2.45, 2.75) is 26.3 Å². The van der Waals surface area contributed by atoms with Crippen LogP contribution in [0, 0.1) is 5.92 Å². The summed E-state index contributed by atoms with van der Waals surface area (Å²) in [7, 11) is 1.53. The van der Waals surface area contributed by atoms with Crippen molar-refractivity contribution in [3.8, 4) is 0 Å². The molecule has 2 unspecified atom stereocenters. The lowest BCUT2D eigenvalue weighted by molar-refractivity contribution is -0.130. The van der Waals surface area contributed by atoms with E-state index in [1.165, 1.54) is 7.05 Å². The zero-order valence-corrected chi connectivity index (χ0v) is 8.96. The summed E-state index contributed by atoms with van der Waals surface area (Å²) in [4.78, 5) is 22.6. The molecule has 82 valence electrons. The number of nitrogens with one attached hydrogen (secondary N) is 2. The van der Waals surface area contributed by atoms with Crippen molar-refractivity contribution < 1.29 is 9.59 Å². The second kappa shape index (κ2) is 6.37. The molecule has 5 nitrogen and oxygen atoms in total. The Kier molecular flexibility index (Phi) is 5.87. The summed E-state index contributed by atoms with van der Waals surface area (Å²) in [6.07, 6.45) is 0.683. The Balaban J connectivity index is 4.10. The highest BCUT2D eigenvalue weighted by Gasteiger charge is 2.19. The number of hydrogen-bond acceptors (Lipinski definition) is 3. The van der Waals surface area contributed by atoms with Crippen molar-refractivity contribution in [3.05, 3.63) is 0 Å². The van der Waals surface area contributed by atoms with E-state index in [-0.39, 0.29) is 17.7 Å². The summed E-state index contributed by atoms with van der Waals surface area (Å²) in [5.74, 6) is -0.571. The lowest BCUT2D eigenvalue weighted by Crippen LogP contribution is -2.46. The van der Waals surface area contributed by atoms with Crippen LogP contribution >= 0.6 is 0 Å². The predicted molar refractivity (Wildman–Crippen MR) is 54.5 cm³/mol. The fourth-order valence-corrected chi connectivity index (χ4v) is 1.07. The smallest absolute Gasteiger partial charge is 0.242 e. The molecule has 5 heteroatoms. The molecule has 0 radical (unpaired) electrons. The number of rotatable bonds is 5. The fourth-order valence-electron chi connectivity index (χ4n) is 1.07. The molecule has 0 heterocycles. The molecule has 0 bridgehead atoms. The average molecular weight is 201 g/mol. The first-order valence-electron chi connectivity index (χ1n) is 4.78. The molecule has 0 saturated heterocycles. The molecule has 0 aromatic heterocycles. The summed E-state index contributed by atoms with van der Waals surface area (Å²) in [6.45, 7) is 3.84. The lowest BCUT2D eigenvalue weighted by Gasteiger charge is -2.16. The molecule has 0 aliphatic heterocycles. The van der Waals surface area contributed by atoms with Crippen LogP contribution in [0.1, 0.15) is 20.3 Å². The number of hydrogen-bond donors (Lipinski definition) is 3. The van der Waals surface area contributed by atoms with E-state index >= 15 is 0 Å². The van der Waals surface area contributed by atoms with Gasteiger partial charge in [-0.3, -0.25) is 9.59 Å². The van der Waals surface area contributed by atoms with Gasteiger partial charge < -0.3 is 16.4 Å². The third-order valence-electron chi connectivity index (χ3n) is 2.15. The molecule has 0 spiro atoms. The normalized spacial score (nSPS) is 14.3. The van der Waals surface area contributed by atoms with Crippen LogP contribution < -0.4 is 16.4 Å². The van der Waals surface area contributed by atoms with E-state index in [0.717, 1.165) is 0 Å². The van der Waals surface area contributed by atoms with Gasteiger partial charge in [0.15, 0.2) is 0 Å². The van der Waals surface area contributed by atoms with Gasteiger partial charge in [-0.2, -0.15) is 0 Å². The van der Waals surface area contributed by atoms with E-state index in [0.29, 0.717) is 13.0 Å². The minimum absolute atomic E-state index is 0.161. The maximum Gasteiger partial charge on any atom is 0.242 e. The highest BCUT2D eigenvalue weighted by atomic mass is 16.2. The Morgan fingerprint density at radius 2 is 1.93 bits per heavy atom. The van der Waals surface area contributed by atoms with Crippen LogP contribution in [0.2, 0.25) is 0 Å². The molecule has 0 aliphatic carbocycles. The van der Waals surface area contributed by atoms with Gasteiger partial charge in [0.2, 0.25) is 11.8 Å². The second-order valence-corrected chi connectivity index (χ2v) is 3.19. The number of nitrogens with two attached hydrogens (primary N) is 1. The number of likely N-dealkylation sites (N-methyl/N-ethyl adjacent to an activating group) is 1. The van der Waals surface area contributed by atoms with E-state index in [1.54, 1.807) is 6.92 Å². The Labute approximate surface area is 84.4 Å². The molecular formula is C9H19N3O2. The van der Waals surface area contributed by atoms with Gasteiger partial charge in [-0.25, -0.2) is 0 Å². The second-order valence-electron chi connectivity index (χ2n) is 3.19. The summed E-state index contributed by atoms with van der Waals surface area (Å²) in [6, 6.07) is -0.506. The van der Waals surface area contributed by atoms with Gasteiger partial charge in [0.05, 0.1) is 0 Å². The molecule has 0 fully saturated rings. The monoisotopic (exact) mass is 201 g/mol. The zero-order chi connectivity index (χ0) is 11.1. The van der Waals surface area contributed by atoms with Crippen molar-refractivity contribution in [1.29, 1.82) is 0 Å². The van der Waals surface area contributed by atoms with Crippen LogP contribution in [-0.2, 0) is 9.59 Å². The van der Waals surface area contributed by atoms with Crippen molar-refractivity contribution in [3.63, 3.8) is 0 Å². The molecular weight excluding hydrogens is 182 g/mol. The quantitative estimate of drug-likeness (QED) is 0.545. The largest absolute Gasteiger partial charge is 0.357 e. The van der Waals surface area contributed by atoms with Crippen molar-refractivity contribution in [2.75, 3.05) is 13.6 Å². The van der Waals surface area contributed by atoms with Crippen LogP contribution in [0.3, 0.4) is 0 Å². The first-order valence-corrected chi connectivity index (χ1v) is 4.78. The molecule has 0 aliphatic rings. The van der Waals surface area contributed by atoms with Crippen LogP contribution in [0.25, 0.3) is 0 Å². The number of carbonyl (C=O) groups is 2. The van der Waals surface area contributed by atoms with E-state index in [2.05, 4.69) is 10.6 Å². The van der Waals surface area contributed by atoms with Crippen LogP contribution in [0.5, 0.6) is 0 Å². The molecule has 2 amide bonds. The molecule has 0 rings (SSSR count). The van der Waals surface area contributed by atoms with E-state index < -0.39 is 6.04 Å². The molecule has 0 saturated carbocycles. The zero-order valence-electron chi connectivity index (χ0n) is 8.96. The van der Waals surface area contributed by atoms with Gasteiger partial charge in [0.25, 0.3) is 0 Å². The highest BCUT2D eigenvalue weighted by molar-refractivity contribution is 5.88. The Bertz CT molecular complexity index is 202.